The highest BCUT2D eigenvalue weighted by Crippen LogP contribution is 2.32. The normalized spacial score (nSPS) is 11.3. The summed E-state index contributed by atoms with van der Waals surface area (Å²) in [6.07, 6.45) is 0. The van der Waals surface area contributed by atoms with E-state index in [1.54, 1.807) is 30.3 Å². The van der Waals surface area contributed by atoms with E-state index in [1.165, 1.54) is 12.1 Å². The molecule has 0 amide bonds. The Morgan fingerprint density at radius 2 is 1.47 bits per heavy atom. The fraction of sp³-hybridized carbons (Fsp3) is 0. The van der Waals surface area contributed by atoms with Crippen LogP contribution in [0.15, 0.2) is 56.3 Å². The van der Waals surface area contributed by atoms with Gasteiger partial charge in [-0.2, -0.15) is 0 Å². The molecule has 3 N–H and O–H groups in total. The number of para-hydroxylation sites is 1. The van der Waals surface area contributed by atoms with Gasteiger partial charge in [0.1, 0.15) is 0 Å². The predicted octanol–water partition coefficient (Wildman–Crippen LogP) is 3.59. The monoisotopic (exact) mass is 404 g/mol. The minimum absolute atomic E-state index is 0.157. The number of hydrogen-bond donors (Lipinski definition) is 2. The van der Waals surface area contributed by atoms with Gasteiger partial charge >= 0.3 is 0 Å². The molecule has 4 nitrogen and oxygen atoms in total. The molecular formula is C12H10Br2N2O2S. The molecule has 2 aromatic rings. The molecule has 0 bridgehead atoms. The first kappa shape index (κ1) is 14.4. The van der Waals surface area contributed by atoms with Crippen LogP contribution in [0.2, 0.25) is 0 Å². The Morgan fingerprint density at radius 1 is 0.947 bits per heavy atom. The van der Waals surface area contributed by atoms with Gasteiger partial charge in [-0.15, -0.1) is 0 Å². The third-order valence-corrected chi connectivity index (χ3v) is 5.08. The van der Waals surface area contributed by atoms with Crippen molar-refractivity contribution in [2.24, 2.45) is 0 Å². The topological polar surface area (TPSA) is 72.2 Å². The number of nitrogen functional groups attached to an aromatic ring is 1. The summed E-state index contributed by atoms with van der Waals surface area (Å²) >= 11 is 6.61. The maximum Gasteiger partial charge on any atom is 0.261 e. The molecule has 7 heteroatoms. The maximum atomic E-state index is 12.2. The lowest BCUT2D eigenvalue weighted by atomic mass is 10.3. The molecule has 0 radical (unpaired) electrons. The molecule has 0 saturated carbocycles. The SMILES string of the molecule is Nc1ccc(S(=O)(=O)Nc2c(Br)cccc2Br)cc1. The summed E-state index contributed by atoms with van der Waals surface area (Å²) in [4.78, 5) is 0.157. The highest BCUT2D eigenvalue weighted by atomic mass is 79.9. The van der Waals surface area contributed by atoms with Gasteiger partial charge in [-0.05, 0) is 68.3 Å². The van der Waals surface area contributed by atoms with E-state index in [0.717, 1.165) is 0 Å². The van der Waals surface area contributed by atoms with Crippen molar-refractivity contribution in [3.63, 3.8) is 0 Å². The molecule has 0 aromatic heterocycles. The Hall–Kier alpha value is -1.05. The van der Waals surface area contributed by atoms with Crippen LogP contribution in [0, 0.1) is 0 Å². The molecule has 100 valence electrons. The van der Waals surface area contributed by atoms with Crippen LogP contribution in [-0.4, -0.2) is 8.42 Å². The molecule has 0 saturated heterocycles. The highest BCUT2D eigenvalue weighted by molar-refractivity contribution is 9.11. The number of nitrogens with two attached hydrogens (primary N) is 1. The maximum absolute atomic E-state index is 12.2. The number of hydrogen-bond acceptors (Lipinski definition) is 3. The molecule has 0 aliphatic rings. The van der Waals surface area contributed by atoms with E-state index in [2.05, 4.69) is 36.6 Å². The lowest BCUT2D eigenvalue weighted by molar-refractivity contribution is 0.601. The zero-order valence-electron chi connectivity index (χ0n) is 9.60. The molecule has 0 fully saturated rings. The van der Waals surface area contributed by atoms with Gasteiger partial charge in [-0.1, -0.05) is 6.07 Å². The lowest BCUT2D eigenvalue weighted by Gasteiger charge is -2.11. The minimum Gasteiger partial charge on any atom is -0.399 e. The van der Waals surface area contributed by atoms with Crippen molar-refractivity contribution in [1.29, 1.82) is 0 Å². The number of sulfonamides is 1. The minimum atomic E-state index is -3.64. The van der Waals surface area contributed by atoms with Crippen LogP contribution < -0.4 is 10.5 Å². The van der Waals surface area contributed by atoms with E-state index in [9.17, 15) is 8.42 Å². The van der Waals surface area contributed by atoms with Crippen LogP contribution in [-0.2, 0) is 10.0 Å². The van der Waals surface area contributed by atoms with E-state index in [1.807, 2.05) is 0 Å². The van der Waals surface area contributed by atoms with Crippen molar-refractivity contribution in [2.75, 3.05) is 10.5 Å². The molecule has 2 aromatic carbocycles. The number of nitrogens with one attached hydrogen (secondary N) is 1. The van der Waals surface area contributed by atoms with Gasteiger partial charge in [-0.3, -0.25) is 4.72 Å². The van der Waals surface area contributed by atoms with Gasteiger partial charge in [0, 0.05) is 14.6 Å². The van der Waals surface area contributed by atoms with Crippen LogP contribution in [0.25, 0.3) is 0 Å². The number of benzene rings is 2. The van der Waals surface area contributed by atoms with Crippen molar-refractivity contribution in [1.82, 2.24) is 0 Å². The second-order valence-corrected chi connectivity index (χ2v) is 7.16. The number of halogens is 2. The van der Waals surface area contributed by atoms with Gasteiger partial charge in [0.15, 0.2) is 0 Å². The van der Waals surface area contributed by atoms with Crippen LogP contribution >= 0.6 is 31.9 Å². The summed E-state index contributed by atoms with van der Waals surface area (Å²) in [6, 6.07) is 11.3. The largest absolute Gasteiger partial charge is 0.399 e. The highest BCUT2D eigenvalue weighted by Gasteiger charge is 2.17. The van der Waals surface area contributed by atoms with Crippen molar-refractivity contribution in [3.8, 4) is 0 Å². The van der Waals surface area contributed by atoms with E-state index in [0.29, 0.717) is 20.3 Å². The number of anilines is 2. The summed E-state index contributed by atoms with van der Waals surface area (Å²) in [7, 11) is -3.64. The molecule has 2 rings (SSSR count). The molecule has 0 unspecified atom stereocenters. The lowest BCUT2D eigenvalue weighted by Crippen LogP contribution is -2.13. The van der Waals surface area contributed by atoms with Crippen molar-refractivity contribution in [2.45, 2.75) is 4.90 Å². The van der Waals surface area contributed by atoms with Crippen LogP contribution in [0.5, 0.6) is 0 Å². The molecule has 0 atom stereocenters. The zero-order valence-corrected chi connectivity index (χ0v) is 13.6. The quantitative estimate of drug-likeness (QED) is 0.766. The Morgan fingerprint density at radius 3 is 2.00 bits per heavy atom. The second-order valence-electron chi connectivity index (χ2n) is 3.77. The fourth-order valence-electron chi connectivity index (χ4n) is 1.44. The van der Waals surface area contributed by atoms with E-state index < -0.39 is 10.0 Å². The van der Waals surface area contributed by atoms with Gasteiger partial charge in [-0.25, -0.2) is 8.42 Å². The third kappa shape index (κ3) is 3.29. The first-order valence-electron chi connectivity index (χ1n) is 5.22. The third-order valence-electron chi connectivity index (χ3n) is 2.39. The Bertz CT molecular complexity index is 680. The molecular weight excluding hydrogens is 396 g/mol. The van der Waals surface area contributed by atoms with Crippen LogP contribution in [0.4, 0.5) is 11.4 Å². The Kier molecular flexibility index (Phi) is 4.17. The summed E-state index contributed by atoms with van der Waals surface area (Å²) in [5.74, 6) is 0. The molecule has 0 aliphatic heterocycles. The molecule has 0 aliphatic carbocycles. The van der Waals surface area contributed by atoms with Gasteiger partial charge in [0.25, 0.3) is 10.0 Å². The van der Waals surface area contributed by atoms with Crippen LogP contribution in [0.3, 0.4) is 0 Å². The average Bonchev–Trinajstić information content (AvgIpc) is 2.35. The summed E-state index contributed by atoms with van der Waals surface area (Å²) in [6.45, 7) is 0. The predicted molar refractivity (Wildman–Crippen MR) is 83.5 cm³/mol. The van der Waals surface area contributed by atoms with Crippen molar-refractivity contribution >= 4 is 53.3 Å². The first-order valence-corrected chi connectivity index (χ1v) is 8.29. The van der Waals surface area contributed by atoms with Crippen molar-refractivity contribution < 1.29 is 8.42 Å². The van der Waals surface area contributed by atoms with Gasteiger partial charge in [0.2, 0.25) is 0 Å². The zero-order chi connectivity index (χ0) is 14.0. The van der Waals surface area contributed by atoms with Gasteiger partial charge < -0.3 is 5.73 Å². The molecule has 0 spiro atoms. The Labute approximate surface area is 128 Å². The summed E-state index contributed by atoms with van der Waals surface area (Å²) in [5, 5.41) is 0. The summed E-state index contributed by atoms with van der Waals surface area (Å²) < 4.78 is 28.3. The van der Waals surface area contributed by atoms with Crippen molar-refractivity contribution in [3.05, 3.63) is 51.4 Å². The molecule has 0 heterocycles. The first-order chi connectivity index (χ1) is 8.90. The molecule has 19 heavy (non-hydrogen) atoms. The van der Waals surface area contributed by atoms with E-state index in [4.69, 9.17) is 5.73 Å². The smallest absolute Gasteiger partial charge is 0.261 e. The standard InChI is InChI=1S/C12H10Br2N2O2S/c13-10-2-1-3-11(14)12(10)16-19(17,18)9-6-4-8(15)5-7-9/h1-7,16H,15H2. The Balaban J connectivity index is 2.39. The van der Waals surface area contributed by atoms with Crippen LogP contribution in [0.1, 0.15) is 0 Å². The van der Waals surface area contributed by atoms with Gasteiger partial charge in [0.05, 0.1) is 10.6 Å². The van der Waals surface area contributed by atoms with E-state index in [-0.39, 0.29) is 4.90 Å². The summed E-state index contributed by atoms with van der Waals surface area (Å²) in [5.41, 5.74) is 6.51. The second kappa shape index (κ2) is 5.52. The average molecular weight is 406 g/mol. The number of rotatable bonds is 3. The fourth-order valence-corrected chi connectivity index (χ4v) is 4.00. The van der Waals surface area contributed by atoms with E-state index >= 15 is 0 Å².